The highest BCUT2D eigenvalue weighted by Crippen LogP contribution is 2.30. The van der Waals surface area contributed by atoms with Crippen molar-refractivity contribution in [3.63, 3.8) is 0 Å². The largest absolute Gasteiger partial charge is 0.466 e. The summed E-state index contributed by atoms with van der Waals surface area (Å²) in [6.07, 6.45) is 0. The number of nitrogens with one attached hydrogen (secondary N) is 1. The number of nitro groups is 1. The Morgan fingerprint density at radius 2 is 2.20 bits per heavy atom. The lowest BCUT2D eigenvalue weighted by Crippen LogP contribution is -2.31. The predicted molar refractivity (Wildman–Crippen MR) is 84.1 cm³/mol. The van der Waals surface area contributed by atoms with Gasteiger partial charge in [0.2, 0.25) is 0 Å². The molecule has 10 heteroatoms. The number of ether oxygens (including phenoxy) is 1. The van der Waals surface area contributed by atoms with Crippen LogP contribution in [-0.2, 0) is 14.3 Å². The highest BCUT2D eigenvalue weighted by molar-refractivity contribution is 6.08. The van der Waals surface area contributed by atoms with Crippen molar-refractivity contribution in [3.05, 3.63) is 44.9 Å². The average Bonchev–Trinajstić information content (AvgIpc) is 2.86. The molecule has 25 heavy (non-hydrogen) atoms. The molecule has 0 saturated carbocycles. The first-order valence-corrected chi connectivity index (χ1v) is 7.23. The van der Waals surface area contributed by atoms with Crippen LogP contribution in [-0.4, -0.2) is 53.6 Å². The molecule has 1 aliphatic heterocycles. The van der Waals surface area contributed by atoms with Crippen molar-refractivity contribution in [2.45, 2.75) is 6.92 Å². The van der Waals surface area contributed by atoms with Gasteiger partial charge < -0.3 is 20.1 Å². The van der Waals surface area contributed by atoms with Crippen molar-refractivity contribution >= 4 is 23.3 Å². The van der Waals surface area contributed by atoms with Crippen LogP contribution in [0.25, 0.3) is 0 Å². The van der Waals surface area contributed by atoms with Crippen LogP contribution in [0.2, 0.25) is 0 Å². The average molecular weight is 353 g/mol. The number of hydrogen-bond acceptors (Lipinski definition) is 7. The lowest BCUT2D eigenvalue weighted by atomic mass is 10.1. The maximum atomic E-state index is 13.7. The SMILES string of the molecule is COC(=O)C1=C(Nc2cc(F)cc([N+](=O)[O-])c2C)C(=O)N(CCO)C1. The van der Waals surface area contributed by atoms with Crippen molar-refractivity contribution in [2.75, 3.05) is 32.1 Å². The Balaban J connectivity index is 2.47. The molecule has 0 saturated heterocycles. The summed E-state index contributed by atoms with van der Waals surface area (Å²) >= 11 is 0. The van der Waals surface area contributed by atoms with Crippen LogP contribution in [0, 0.1) is 22.9 Å². The maximum absolute atomic E-state index is 13.7. The summed E-state index contributed by atoms with van der Waals surface area (Å²) in [5.74, 6) is -2.22. The monoisotopic (exact) mass is 353 g/mol. The van der Waals surface area contributed by atoms with Crippen LogP contribution in [0.4, 0.5) is 15.8 Å². The summed E-state index contributed by atoms with van der Waals surface area (Å²) in [5, 5.41) is 22.6. The summed E-state index contributed by atoms with van der Waals surface area (Å²) in [7, 11) is 1.14. The molecule has 0 aromatic heterocycles. The van der Waals surface area contributed by atoms with E-state index in [-0.39, 0.29) is 42.2 Å². The predicted octanol–water partition coefficient (Wildman–Crippen LogP) is 0.716. The third kappa shape index (κ3) is 3.58. The molecular weight excluding hydrogens is 337 g/mol. The first kappa shape index (κ1) is 18.3. The Kier molecular flexibility index (Phi) is 5.32. The second-order valence-electron chi connectivity index (χ2n) is 5.28. The van der Waals surface area contributed by atoms with Gasteiger partial charge in [-0.15, -0.1) is 0 Å². The number of methoxy groups -OCH3 is 1. The van der Waals surface area contributed by atoms with Crippen molar-refractivity contribution in [2.24, 2.45) is 0 Å². The first-order chi connectivity index (χ1) is 11.8. The van der Waals surface area contributed by atoms with Crippen LogP contribution in [0.15, 0.2) is 23.4 Å². The fourth-order valence-electron chi connectivity index (χ4n) is 2.47. The molecular formula is C15H16FN3O6. The van der Waals surface area contributed by atoms with Crippen molar-refractivity contribution < 1.29 is 28.7 Å². The number of hydrogen-bond donors (Lipinski definition) is 2. The topological polar surface area (TPSA) is 122 Å². The second-order valence-corrected chi connectivity index (χ2v) is 5.28. The lowest BCUT2D eigenvalue weighted by molar-refractivity contribution is -0.385. The molecule has 2 rings (SSSR count). The zero-order valence-corrected chi connectivity index (χ0v) is 13.5. The Hall–Kier alpha value is -3.01. The van der Waals surface area contributed by atoms with E-state index in [1.165, 1.54) is 11.8 Å². The minimum absolute atomic E-state index is 0.00715. The van der Waals surface area contributed by atoms with E-state index in [0.29, 0.717) is 0 Å². The number of anilines is 1. The molecule has 1 amide bonds. The van der Waals surface area contributed by atoms with Gasteiger partial charge in [-0.25, -0.2) is 9.18 Å². The Morgan fingerprint density at radius 1 is 1.52 bits per heavy atom. The smallest absolute Gasteiger partial charge is 0.337 e. The summed E-state index contributed by atoms with van der Waals surface area (Å²) in [6, 6.07) is 1.76. The number of halogens is 1. The summed E-state index contributed by atoms with van der Waals surface area (Å²) in [6.45, 7) is 0.985. The highest BCUT2D eigenvalue weighted by atomic mass is 19.1. The van der Waals surface area contributed by atoms with Gasteiger partial charge >= 0.3 is 5.97 Å². The normalized spacial score (nSPS) is 14.1. The Labute approximate surface area is 141 Å². The molecule has 1 aromatic carbocycles. The molecule has 0 radical (unpaired) electrons. The number of aliphatic hydroxyl groups is 1. The zero-order chi connectivity index (χ0) is 18.7. The van der Waals surface area contributed by atoms with E-state index < -0.39 is 28.3 Å². The number of aliphatic hydroxyl groups excluding tert-OH is 1. The number of benzene rings is 1. The quantitative estimate of drug-likeness (QED) is 0.439. The molecule has 0 unspecified atom stereocenters. The molecule has 9 nitrogen and oxygen atoms in total. The van der Waals surface area contributed by atoms with Gasteiger partial charge in [0.1, 0.15) is 11.5 Å². The van der Waals surface area contributed by atoms with Gasteiger partial charge in [-0.2, -0.15) is 0 Å². The van der Waals surface area contributed by atoms with Gasteiger partial charge in [-0.3, -0.25) is 14.9 Å². The van der Waals surface area contributed by atoms with E-state index in [0.717, 1.165) is 19.2 Å². The number of carbonyl (C=O) groups excluding carboxylic acids is 2. The third-order valence-corrected chi connectivity index (χ3v) is 3.75. The number of nitro benzene ring substituents is 1. The number of carbonyl (C=O) groups is 2. The number of esters is 1. The standard InChI is InChI=1S/C15H16FN3O6/c1-8-11(5-9(16)6-12(8)19(23)24)17-13-10(15(22)25-2)7-18(3-4-20)14(13)21/h5-6,17,20H,3-4,7H2,1-2H3. The number of amides is 1. The number of β-amino-alcohol motifs (C(OH)–C–C–N with tert-alkyl or cyclic N) is 1. The number of nitrogens with zero attached hydrogens (tertiary/aromatic N) is 2. The molecule has 1 aliphatic rings. The molecule has 2 N–H and O–H groups in total. The van der Waals surface area contributed by atoms with E-state index >= 15 is 0 Å². The van der Waals surface area contributed by atoms with Gasteiger partial charge in [0.25, 0.3) is 11.6 Å². The van der Waals surface area contributed by atoms with E-state index in [9.17, 15) is 24.1 Å². The van der Waals surface area contributed by atoms with E-state index in [1.54, 1.807) is 0 Å². The molecule has 0 bridgehead atoms. The van der Waals surface area contributed by atoms with E-state index in [4.69, 9.17) is 5.11 Å². The van der Waals surface area contributed by atoms with Gasteiger partial charge in [0.05, 0.1) is 48.1 Å². The zero-order valence-electron chi connectivity index (χ0n) is 13.5. The van der Waals surface area contributed by atoms with Gasteiger partial charge in [0, 0.05) is 6.54 Å². The molecule has 0 spiro atoms. The van der Waals surface area contributed by atoms with Gasteiger partial charge in [-0.05, 0) is 13.0 Å². The fourth-order valence-corrected chi connectivity index (χ4v) is 2.47. The van der Waals surface area contributed by atoms with Crippen LogP contribution in [0.1, 0.15) is 5.56 Å². The molecule has 0 aliphatic carbocycles. The third-order valence-electron chi connectivity index (χ3n) is 3.75. The fraction of sp³-hybridized carbons (Fsp3) is 0.333. The maximum Gasteiger partial charge on any atom is 0.337 e. The minimum Gasteiger partial charge on any atom is -0.466 e. The van der Waals surface area contributed by atoms with Crippen molar-refractivity contribution in [1.29, 1.82) is 0 Å². The van der Waals surface area contributed by atoms with Gasteiger partial charge in [-0.1, -0.05) is 0 Å². The van der Waals surface area contributed by atoms with Crippen LogP contribution in [0.5, 0.6) is 0 Å². The first-order valence-electron chi connectivity index (χ1n) is 7.23. The molecule has 0 fully saturated rings. The second kappa shape index (κ2) is 7.26. The van der Waals surface area contributed by atoms with Crippen LogP contribution < -0.4 is 5.32 Å². The number of rotatable bonds is 6. The van der Waals surface area contributed by atoms with Crippen LogP contribution >= 0.6 is 0 Å². The lowest BCUT2D eigenvalue weighted by Gasteiger charge is -2.15. The minimum atomic E-state index is -0.863. The van der Waals surface area contributed by atoms with Gasteiger partial charge in [0.15, 0.2) is 0 Å². The van der Waals surface area contributed by atoms with E-state index in [1.807, 2.05) is 0 Å². The molecule has 134 valence electrons. The Bertz CT molecular complexity index is 777. The van der Waals surface area contributed by atoms with Crippen molar-refractivity contribution in [3.8, 4) is 0 Å². The molecule has 0 atom stereocenters. The summed E-state index contributed by atoms with van der Waals surface area (Å²) in [4.78, 5) is 35.8. The summed E-state index contributed by atoms with van der Waals surface area (Å²) in [5.41, 5.74) is -0.533. The van der Waals surface area contributed by atoms with E-state index in [2.05, 4.69) is 10.1 Å². The molecule has 1 heterocycles. The van der Waals surface area contributed by atoms with Crippen LogP contribution in [0.3, 0.4) is 0 Å². The highest BCUT2D eigenvalue weighted by Gasteiger charge is 2.35. The van der Waals surface area contributed by atoms with Crippen molar-refractivity contribution in [1.82, 2.24) is 4.90 Å². The summed E-state index contributed by atoms with van der Waals surface area (Å²) < 4.78 is 18.3. The molecule has 1 aromatic rings. The Morgan fingerprint density at radius 3 is 2.76 bits per heavy atom.